The average molecular weight is 505 g/mol. The largest absolute Gasteiger partial charge is 0.347 e. The summed E-state index contributed by atoms with van der Waals surface area (Å²) < 4.78 is -1.03. The van der Waals surface area contributed by atoms with Gasteiger partial charge in [-0.05, 0) is 19.8 Å². The van der Waals surface area contributed by atoms with Crippen molar-refractivity contribution in [3.05, 3.63) is 71.8 Å². The molecule has 2 amide bonds. The van der Waals surface area contributed by atoms with Gasteiger partial charge in [0.25, 0.3) is 0 Å². The Hall–Kier alpha value is -2.45. The second kappa shape index (κ2) is 11.8. The molecular weight excluding hydrogens is 480 g/mol. The zero-order valence-corrected chi connectivity index (χ0v) is 19.6. The van der Waals surface area contributed by atoms with E-state index in [1.165, 1.54) is 0 Å². The van der Waals surface area contributed by atoms with Gasteiger partial charge >= 0.3 is 0 Å². The van der Waals surface area contributed by atoms with Crippen LogP contribution in [0.5, 0.6) is 0 Å². The van der Waals surface area contributed by atoms with Crippen LogP contribution in [0.1, 0.15) is 40.5 Å². The van der Waals surface area contributed by atoms with Crippen LogP contribution in [0, 0.1) is 0 Å². The minimum Gasteiger partial charge on any atom is -0.347 e. The molecule has 6 nitrogen and oxygen atoms in total. The van der Waals surface area contributed by atoms with E-state index in [0.717, 1.165) is 0 Å². The van der Waals surface area contributed by atoms with Crippen LogP contribution in [0.25, 0.3) is 0 Å². The number of ketones is 2. The summed E-state index contributed by atoms with van der Waals surface area (Å²) in [6, 6.07) is 16.5. The van der Waals surface area contributed by atoms with E-state index in [-0.39, 0.29) is 42.2 Å². The summed E-state index contributed by atoms with van der Waals surface area (Å²) in [5.74, 6) is -1.26. The molecule has 0 heterocycles. The predicted octanol–water partition coefficient (Wildman–Crippen LogP) is 3.22. The topological polar surface area (TPSA) is 92.3 Å². The Bertz CT molecular complexity index is 920. The van der Waals surface area contributed by atoms with Crippen LogP contribution < -0.4 is 10.6 Å². The smallest absolute Gasteiger partial charge is 0.242 e. The number of alkyl halides is 1. The number of nitrogens with one attached hydrogen (secondary N) is 2. The van der Waals surface area contributed by atoms with Crippen molar-refractivity contribution in [2.24, 2.45) is 0 Å². The fourth-order valence-electron chi connectivity index (χ4n) is 2.96. The predicted molar refractivity (Wildman–Crippen MR) is 127 cm³/mol. The molecule has 0 radical (unpaired) electrons. The molecule has 0 bridgehead atoms. The lowest BCUT2D eigenvalue weighted by Crippen LogP contribution is -2.49. The lowest BCUT2D eigenvalue weighted by molar-refractivity contribution is -0.127. The van der Waals surface area contributed by atoms with Crippen molar-refractivity contribution in [3.63, 3.8) is 0 Å². The number of carbonyl (C=O) groups is 4. The Labute approximate surface area is 195 Å². The van der Waals surface area contributed by atoms with Crippen molar-refractivity contribution in [1.29, 1.82) is 0 Å². The number of benzene rings is 2. The molecule has 2 N–H and O–H groups in total. The normalized spacial score (nSPS) is 13.5. The molecule has 0 aliphatic carbocycles. The summed E-state index contributed by atoms with van der Waals surface area (Å²) in [5, 5.41) is 5.23. The first-order chi connectivity index (χ1) is 14.7. The van der Waals surface area contributed by atoms with Crippen LogP contribution >= 0.6 is 28.6 Å². The molecule has 31 heavy (non-hydrogen) atoms. The van der Waals surface area contributed by atoms with Crippen molar-refractivity contribution in [2.75, 3.05) is 11.9 Å². The van der Waals surface area contributed by atoms with E-state index >= 15 is 0 Å². The molecule has 0 aromatic heterocycles. The molecule has 2 rings (SSSR count). The highest BCUT2D eigenvalue weighted by molar-refractivity contribution is 9.09. The summed E-state index contributed by atoms with van der Waals surface area (Å²) in [6.07, 6.45) is 0.430. The summed E-state index contributed by atoms with van der Waals surface area (Å²) in [6.45, 7) is 1.50. The fraction of sp³-hybridized carbons (Fsp3) is 0.304. The molecule has 0 aliphatic rings. The fourth-order valence-corrected chi connectivity index (χ4v) is 3.38. The van der Waals surface area contributed by atoms with Crippen molar-refractivity contribution in [3.8, 4) is 0 Å². The van der Waals surface area contributed by atoms with Crippen molar-refractivity contribution < 1.29 is 19.2 Å². The van der Waals surface area contributed by atoms with Gasteiger partial charge in [-0.2, -0.15) is 12.6 Å². The van der Waals surface area contributed by atoms with Crippen LogP contribution in [0.2, 0.25) is 0 Å². The van der Waals surface area contributed by atoms with E-state index in [4.69, 9.17) is 0 Å². The first-order valence-corrected chi connectivity index (χ1v) is 11.3. The lowest BCUT2D eigenvalue weighted by atomic mass is 9.92. The molecule has 2 unspecified atom stereocenters. The summed E-state index contributed by atoms with van der Waals surface area (Å²) >= 11 is 7.59. The Balaban J connectivity index is 2.02. The SMILES string of the molecule is CC(S)(CCC(NC(=O)CBr)C(=O)NCC(=O)c1ccccc1)C(=O)c1ccccc1. The van der Waals surface area contributed by atoms with Gasteiger partial charge in [-0.15, -0.1) is 0 Å². The van der Waals surface area contributed by atoms with Gasteiger partial charge in [-0.25, -0.2) is 0 Å². The molecule has 164 valence electrons. The second-order valence-electron chi connectivity index (χ2n) is 7.27. The Morgan fingerprint density at radius 3 is 2.06 bits per heavy atom. The van der Waals surface area contributed by atoms with Crippen LogP contribution in [0.4, 0.5) is 0 Å². The van der Waals surface area contributed by atoms with E-state index < -0.39 is 16.7 Å². The number of Topliss-reactive ketones (excluding diaryl/α,β-unsaturated/α-hetero) is 2. The quantitative estimate of drug-likeness (QED) is 0.249. The number of hydrogen-bond acceptors (Lipinski definition) is 5. The maximum Gasteiger partial charge on any atom is 0.242 e. The number of halogens is 1. The Kier molecular flexibility index (Phi) is 9.45. The van der Waals surface area contributed by atoms with Crippen molar-refractivity contribution >= 4 is 51.9 Å². The third-order valence-corrected chi connectivity index (χ3v) is 5.67. The summed E-state index contributed by atoms with van der Waals surface area (Å²) in [7, 11) is 0. The van der Waals surface area contributed by atoms with Gasteiger partial charge in [-0.3, -0.25) is 19.2 Å². The van der Waals surface area contributed by atoms with Gasteiger partial charge in [0.15, 0.2) is 11.6 Å². The van der Waals surface area contributed by atoms with E-state index in [1.807, 2.05) is 6.07 Å². The maximum atomic E-state index is 12.8. The molecular formula is C23H25BrN2O4S. The minimum atomic E-state index is -1.03. The second-order valence-corrected chi connectivity index (χ2v) is 8.82. The van der Waals surface area contributed by atoms with Crippen molar-refractivity contribution in [2.45, 2.75) is 30.6 Å². The minimum absolute atomic E-state index is 0.0286. The molecule has 0 spiro atoms. The van der Waals surface area contributed by atoms with E-state index in [0.29, 0.717) is 11.1 Å². The van der Waals surface area contributed by atoms with Gasteiger partial charge in [-0.1, -0.05) is 76.6 Å². The van der Waals surface area contributed by atoms with Crippen LogP contribution in [-0.2, 0) is 9.59 Å². The first-order valence-electron chi connectivity index (χ1n) is 9.78. The molecule has 0 fully saturated rings. The molecule has 8 heteroatoms. The molecule has 2 aromatic carbocycles. The molecule has 0 aliphatic heterocycles. The number of rotatable bonds is 11. The van der Waals surface area contributed by atoms with Gasteiger partial charge in [0.1, 0.15) is 6.04 Å². The third kappa shape index (κ3) is 7.63. The zero-order valence-electron chi connectivity index (χ0n) is 17.1. The van der Waals surface area contributed by atoms with Crippen molar-refractivity contribution in [1.82, 2.24) is 10.6 Å². The highest BCUT2D eigenvalue weighted by atomic mass is 79.9. The van der Waals surface area contributed by atoms with E-state index in [9.17, 15) is 19.2 Å². The molecule has 0 saturated carbocycles. The monoisotopic (exact) mass is 504 g/mol. The van der Waals surface area contributed by atoms with Crippen LogP contribution in [0.15, 0.2) is 60.7 Å². The molecule has 2 aromatic rings. The highest BCUT2D eigenvalue weighted by Gasteiger charge is 2.32. The van der Waals surface area contributed by atoms with Gasteiger partial charge < -0.3 is 10.6 Å². The number of thiol groups is 1. The van der Waals surface area contributed by atoms with E-state index in [1.54, 1.807) is 61.5 Å². The first kappa shape index (κ1) is 24.8. The lowest BCUT2D eigenvalue weighted by Gasteiger charge is -2.25. The Morgan fingerprint density at radius 2 is 1.52 bits per heavy atom. The number of carbonyl (C=O) groups excluding carboxylic acids is 4. The van der Waals surface area contributed by atoms with Crippen LogP contribution in [-0.4, -0.2) is 46.0 Å². The summed E-state index contributed by atoms with van der Waals surface area (Å²) in [5.41, 5.74) is 1.01. The standard InChI is InChI=1S/C23H25BrN2O4S/c1-23(31,21(29)17-10-6-3-7-11-17)13-12-18(26-20(28)14-24)22(30)25-15-19(27)16-8-4-2-5-9-16/h2-11,18,31H,12-15H2,1H3,(H,25,30)(H,26,28). The average Bonchev–Trinajstić information content (AvgIpc) is 2.80. The number of hydrogen-bond donors (Lipinski definition) is 3. The van der Waals surface area contributed by atoms with Crippen LogP contribution in [0.3, 0.4) is 0 Å². The molecule has 0 saturated heterocycles. The number of amides is 2. The Morgan fingerprint density at radius 1 is 0.968 bits per heavy atom. The maximum absolute atomic E-state index is 12.8. The highest BCUT2D eigenvalue weighted by Crippen LogP contribution is 2.26. The summed E-state index contributed by atoms with van der Waals surface area (Å²) in [4.78, 5) is 49.6. The zero-order chi connectivity index (χ0) is 22.9. The van der Waals surface area contributed by atoms with E-state index in [2.05, 4.69) is 39.2 Å². The molecule has 2 atom stereocenters. The van der Waals surface area contributed by atoms with Gasteiger partial charge in [0.05, 0.1) is 16.6 Å². The van der Waals surface area contributed by atoms with Gasteiger partial charge in [0.2, 0.25) is 11.8 Å². The van der Waals surface area contributed by atoms with Gasteiger partial charge in [0, 0.05) is 11.1 Å². The third-order valence-electron chi connectivity index (χ3n) is 4.74.